The second-order valence-electron chi connectivity index (χ2n) is 38.0. The van der Waals surface area contributed by atoms with Gasteiger partial charge in [-0.2, -0.15) is 5.06 Å². The Morgan fingerprint density at radius 2 is 0.878 bits per heavy atom. The van der Waals surface area contributed by atoms with Crippen molar-refractivity contribution in [3.05, 3.63) is 0 Å². The Balaban J connectivity index is 0.000000827. The SMILES string of the molecule is CC(CC(O)P(=O)(O)O)CN1OCCC1=O.CC(CCC(O)P(=O)(O)O)N1OCCC1=O.CC(CCN1OCC(C)(C)C1=O)C(O)P(=O)(O)O.CC(CCN1OCCC1=O)C(O)P(=O)(O)O.CC1CON(CCC(C)C(O)P(=O)(O)O)C1=O.CC1ON(C(=O)CCCP(C)(=O)O)C(=O)C1C.CN(C)CC(=O)CN1OCCCC1=O.CP(=O)(O)C(CCCN)CCN1OCCC1=O.CP(=O)(O)CCC(CCN)N1OCCC1=O. The van der Waals surface area contributed by atoms with Crippen LogP contribution >= 0.6 is 60.1 Å². The van der Waals surface area contributed by atoms with Crippen LogP contribution in [0.1, 0.15) is 198 Å². The molecule has 0 aliphatic carbocycles. The fourth-order valence-electron chi connectivity index (χ4n) is 13.9. The van der Waals surface area contributed by atoms with Crippen molar-refractivity contribution < 1.29 is 222 Å². The molecule has 0 bridgehead atoms. The van der Waals surface area contributed by atoms with Gasteiger partial charge in [-0.1, -0.05) is 41.5 Å². The number of carbonyl (C=O) groups excluding carboxylic acids is 11. The van der Waals surface area contributed by atoms with Crippen LogP contribution in [0.2, 0.25) is 0 Å². The maximum absolute atomic E-state index is 11.8. The summed E-state index contributed by atoms with van der Waals surface area (Å²) in [5.74, 6) is -12.7. The molecule has 9 fully saturated rings. The fraction of sp³-hybridized carbons (Fsp3) is 0.864. The number of hydroxylamine groups is 18. The molecule has 147 heavy (non-hydrogen) atoms. The van der Waals surface area contributed by atoms with Crippen LogP contribution in [0.3, 0.4) is 0 Å². The van der Waals surface area contributed by atoms with Crippen LogP contribution in [0.4, 0.5) is 0 Å². The van der Waals surface area contributed by atoms with Crippen LogP contribution in [0, 0.1) is 40.9 Å². The van der Waals surface area contributed by atoms with E-state index in [9.17, 15) is 119 Å². The first-order valence-corrected chi connectivity index (χ1v) is 62.8. The number of nitrogens with zero attached hydrogens (tertiary/aromatic N) is 10. The maximum Gasteiger partial charge on any atom is 0.354 e. The van der Waals surface area contributed by atoms with E-state index in [0.29, 0.717) is 143 Å². The monoisotopic (exact) mass is 2280 g/mol. The number of carbonyl (C=O) groups is 11. The zero-order chi connectivity index (χ0) is 113. The molecule has 0 aromatic carbocycles. The first-order chi connectivity index (χ1) is 67.4. The van der Waals surface area contributed by atoms with E-state index in [-0.39, 0.29) is 197 Å². The third-order valence-electron chi connectivity index (χ3n) is 23.1. The lowest BCUT2D eigenvalue weighted by molar-refractivity contribution is -0.198. The molecule has 860 valence electrons. The average Bonchev–Trinajstić information content (AvgIpc) is 1.67. The predicted octanol–water partition coefficient (Wildman–Crippen LogP) is 0.757. The van der Waals surface area contributed by atoms with Crippen molar-refractivity contribution in [3.63, 3.8) is 0 Å². The maximum atomic E-state index is 11.8. The number of imide groups is 1. The standard InChI is InChI=1S/C10H21N2O4P.C10H20NO6P.C10H18NO5P.C9H19N2O4P.C9H16N2O3.C9H18NO6P.3C8H16NO6P/c1-17(14,15)9(3-2-6-11)4-7-12-10(13)5-8-16-12;1-7(8(12)18(14,15)16)4-5-11-9(13)10(2,3)6-17-11;1-7-8(2)16-11(10(7)13)9(12)5-4-6-17(3,14)15;1-16(13,14)7-4-8(2-5-10)11-9(12)3-6-15-11;1-10(2)6-8(12)7-11-9(13)4-3-5-14-11;1-6(9(12)17(13,14)15)3-4-10-8(11)7(2)5-16-10;1-6(8(11)16(12,13)14)2-4-9-7(10)3-5-15-9;1-6(4-8(11)16(12,13)14)5-9-7(10)2-3-15-9;1-6(9-7(10)4-5-15-9)2-3-8(11)16(12,13)14/h9H,2-8,11H2,1H3,(H,14,15);7-8,12H,4-6H2,1-3H3,(H2,14,15,16);7-8H,4-6H2,1-3H3,(H,14,15);8H,2-7,10H2,1H3,(H,13,14);3-7H2,1-2H3;6-7,9,12H,3-5H2,1-2H3,(H2,13,14,15);3*6,8,11H,2-5H2,1H3,(H2,12,13,14). The Morgan fingerprint density at radius 3 is 1.24 bits per heavy atom. The van der Waals surface area contributed by atoms with Gasteiger partial charge in [0, 0.05) is 77.0 Å². The van der Waals surface area contributed by atoms with Crippen molar-refractivity contribution in [2.45, 2.75) is 251 Å². The van der Waals surface area contributed by atoms with E-state index < -0.39 is 118 Å². The summed E-state index contributed by atoms with van der Waals surface area (Å²) in [6.07, 6.45) is 7.06. The lowest BCUT2D eigenvalue weighted by atomic mass is 9.95. The molecule has 9 rings (SSSR count). The van der Waals surface area contributed by atoms with E-state index in [1.165, 1.54) is 81.3 Å². The number of rotatable bonds is 46. The summed E-state index contributed by atoms with van der Waals surface area (Å²) in [6.45, 7) is 26.2. The molecule has 18 unspecified atom stereocenters. The predicted molar refractivity (Wildman–Crippen MR) is 521 cm³/mol. The third kappa shape index (κ3) is 55.4. The van der Waals surface area contributed by atoms with Crippen molar-refractivity contribution >= 4 is 125 Å². The number of aliphatic hydroxyl groups is 5. The number of aliphatic hydroxyl groups excluding tert-OH is 5. The Bertz CT molecular complexity index is 4520. The molecule has 0 saturated carbocycles. The van der Waals surface area contributed by atoms with Crippen LogP contribution in [0.25, 0.3) is 0 Å². The first-order valence-electron chi connectivity index (χ1n) is 47.6. The molecule has 9 saturated heterocycles. The van der Waals surface area contributed by atoms with E-state index in [2.05, 4.69) is 0 Å². The summed E-state index contributed by atoms with van der Waals surface area (Å²) >= 11 is 0. The molecule has 66 heteroatoms. The van der Waals surface area contributed by atoms with E-state index >= 15 is 0 Å². The molecule has 0 aromatic rings. The Hall–Kier alpha value is -4.79. The van der Waals surface area contributed by atoms with Gasteiger partial charge in [0.05, 0.1) is 133 Å². The highest BCUT2D eigenvalue weighted by Crippen LogP contribution is 2.49. The van der Waals surface area contributed by atoms with Crippen LogP contribution in [-0.4, -0.2) is 416 Å². The van der Waals surface area contributed by atoms with E-state index in [0.717, 1.165) is 17.9 Å². The summed E-state index contributed by atoms with van der Waals surface area (Å²) in [6, 6.07) is -0.475. The lowest BCUT2D eigenvalue weighted by Gasteiger charge is -2.26. The van der Waals surface area contributed by atoms with Gasteiger partial charge in [-0.3, -0.25) is 133 Å². The Morgan fingerprint density at radius 1 is 0.449 bits per heavy atom. The van der Waals surface area contributed by atoms with Gasteiger partial charge in [-0.25, -0.2) is 40.5 Å². The minimum absolute atomic E-state index is 0.00903. The average molecular weight is 2290 g/mol. The molecule has 0 spiro atoms. The minimum Gasteiger partial charge on any atom is -0.380 e. The number of hydrogen-bond acceptors (Lipinski definition) is 36. The van der Waals surface area contributed by atoms with Gasteiger partial charge in [-0.05, 0) is 162 Å². The zero-order valence-corrected chi connectivity index (χ0v) is 93.1. The van der Waals surface area contributed by atoms with Gasteiger partial charge in [-0.15, -0.1) is 0 Å². The zero-order valence-electron chi connectivity index (χ0n) is 85.9. The molecule has 58 nitrogen and oxygen atoms in total. The third-order valence-corrected chi connectivity index (χ3v) is 32.8. The highest BCUT2D eigenvalue weighted by molar-refractivity contribution is 7.58. The Kier molecular flexibility index (Phi) is 62.9. The normalized spacial score (nSPS) is 22.5. The van der Waals surface area contributed by atoms with Crippen molar-refractivity contribution in [1.82, 2.24) is 50.5 Å². The molecular formula is C81H160N12O46P8. The van der Waals surface area contributed by atoms with Gasteiger partial charge >= 0.3 is 38.0 Å². The second kappa shape index (κ2) is 65.9. The molecule has 0 radical (unpaired) electrons. The summed E-state index contributed by atoms with van der Waals surface area (Å²) < 4.78 is 87.7. The van der Waals surface area contributed by atoms with Crippen LogP contribution < -0.4 is 11.5 Å². The van der Waals surface area contributed by atoms with E-state index in [4.69, 9.17) is 114 Å². The van der Waals surface area contributed by atoms with Crippen molar-refractivity contribution in [2.75, 3.05) is 158 Å². The van der Waals surface area contributed by atoms with E-state index in [1.54, 1.807) is 53.4 Å². The van der Waals surface area contributed by atoms with Gasteiger partial charge in [0.2, 0.25) is 42.8 Å². The minimum atomic E-state index is -4.50. The lowest BCUT2D eigenvalue weighted by Crippen LogP contribution is -2.41. The number of likely N-dealkylation sites (N-methyl/N-ethyl adjacent to an activating group) is 1. The Labute approximate surface area is 854 Å². The first kappa shape index (κ1) is 140. The quantitative estimate of drug-likeness (QED) is 0.0374. The molecule has 22 N–H and O–H groups in total. The highest BCUT2D eigenvalue weighted by atomic mass is 31.2. The fourth-order valence-corrected chi connectivity index (χ4v) is 20.2. The van der Waals surface area contributed by atoms with Crippen molar-refractivity contribution in [3.8, 4) is 0 Å². The van der Waals surface area contributed by atoms with Crippen LogP contribution in [-0.2, 0) is 133 Å². The molecule has 10 amide bonds. The topological polar surface area (TPSA) is 856 Å². The molecule has 9 aliphatic heterocycles. The van der Waals surface area contributed by atoms with Crippen LogP contribution in [0.5, 0.6) is 0 Å². The number of nitrogens with two attached hydrogens (primary N) is 2. The highest BCUT2D eigenvalue weighted by Gasteiger charge is 2.45. The number of Topliss-reactive ketones (excluding diaryl/α,β-unsaturated/α-hetero) is 1. The summed E-state index contributed by atoms with van der Waals surface area (Å²) in [7, 11) is -28.0. The van der Waals surface area contributed by atoms with Gasteiger partial charge < -0.3 is 106 Å². The van der Waals surface area contributed by atoms with Gasteiger partial charge in [0.25, 0.3) is 23.6 Å². The summed E-state index contributed by atoms with van der Waals surface area (Å²) in [5, 5.41) is 56.9. The number of hydrogen-bond donors (Lipinski definition) is 20. The molecular weight excluding hydrogens is 2120 g/mol. The number of amides is 10. The molecule has 0 aromatic heterocycles. The van der Waals surface area contributed by atoms with E-state index in [1.807, 2.05) is 14.1 Å². The smallest absolute Gasteiger partial charge is 0.354 e. The van der Waals surface area contributed by atoms with Crippen molar-refractivity contribution in [1.29, 1.82) is 0 Å². The van der Waals surface area contributed by atoms with Crippen molar-refractivity contribution in [2.24, 2.45) is 52.4 Å². The van der Waals surface area contributed by atoms with Gasteiger partial charge in [0.1, 0.15) is 6.54 Å². The second-order valence-corrected chi connectivity index (χ2v) is 54.4. The summed E-state index contributed by atoms with van der Waals surface area (Å²) in [5.41, 5.74) is 9.99. The molecule has 9 aliphatic rings. The van der Waals surface area contributed by atoms with Gasteiger partial charge in [0.15, 0.2) is 49.7 Å². The summed E-state index contributed by atoms with van der Waals surface area (Å²) in [4.78, 5) is 288. The van der Waals surface area contributed by atoms with Crippen LogP contribution in [0.15, 0.2) is 0 Å². The molecule has 18 atom stereocenters. The molecule has 9 heterocycles. The number of ketones is 1. The largest absolute Gasteiger partial charge is 0.380 e.